The van der Waals surface area contributed by atoms with Crippen molar-refractivity contribution in [1.29, 1.82) is 0 Å². The Kier molecular flexibility index (Phi) is 7.60. The van der Waals surface area contributed by atoms with E-state index >= 15 is 0 Å². The maximum atomic E-state index is 13.4. The van der Waals surface area contributed by atoms with Crippen LogP contribution in [0.5, 0.6) is 5.75 Å². The SMILES string of the molecule is Cc1c(O)c(=CNC2CCN(C)CC2)c2nc3c(=O)cc(I)c(C(=O)NC4CCN(C)CC4)c3[nH]c2c1=O. The monoisotopic (exact) mass is 632 g/mol. The van der Waals surface area contributed by atoms with Gasteiger partial charge in [-0.05, 0) is 95.5 Å². The quantitative estimate of drug-likeness (QED) is 0.248. The molecule has 2 fully saturated rings. The topological polar surface area (TPSA) is 131 Å². The van der Waals surface area contributed by atoms with Gasteiger partial charge < -0.3 is 30.5 Å². The minimum absolute atomic E-state index is 0.0333. The number of aromatic nitrogens is 2. The summed E-state index contributed by atoms with van der Waals surface area (Å²) in [5.41, 5.74) is 0.339. The number of carbonyl (C=O) groups excluding carboxylic acids is 1. The van der Waals surface area contributed by atoms with Crippen LogP contribution in [-0.2, 0) is 0 Å². The van der Waals surface area contributed by atoms with Gasteiger partial charge in [0.1, 0.15) is 22.3 Å². The van der Waals surface area contributed by atoms with Crippen molar-refractivity contribution >= 4 is 56.8 Å². The molecule has 2 aromatic carbocycles. The van der Waals surface area contributed by atoms with E-state index in [1.807, 2.05) is 22.6 Å². The van der Waals surface area contributed by atoms with E-state index in [1.54, 1.807) is 13.1 Å². The van der Waals surface area contributed by atoms with Crippen molar-refractivity contribution in [3.05, 3.63) is 46.4 Å². The van der Waals surface area contributed by atoms with Gasteiger partial charge in [0.2, 0.25) is 10.9 Å². The zero-order valence-corrected chi connectivity index (χ0v) is 24.0. The largest absolute Gasteiger partial charge is 0.507 e. The lowest BCUT2D eigenvalue weighted by Gasteiger charge is -2.29. The summed E-state index contributed by atoms with van der Waals surface area (Å²) in [5.74, 6) is -0.466. The first-order valence-corrected chi connectivity index (χ1v) is 14.1. The maximum Gasteiger partial charge on any atom is 0.254 e. The molecule has 0 saturated carbocycles. The lowest BCUT2D eigenvalue weighted by Crippen LogP contribution is -2.43. The number of H-pyrrole nitrogens is 1. The fraction of sp³-hybridized carbons (Fsp3) is 0.481. The molecule has 4 N–H and O–H groups in total. The highest BCUT2D eigenvalue weighted by atomic mass is 127. The Morgan fingerprint density at radius 3 is 2.29 bits per heavy atom. The molecule has 0 atom stereocenters. The number of aromatic hydroxyl groups is 1. The van der Waals surface area contributed by atoms with E-state index < -0.39 is 5.43 Å². The van der Waals surface area contributed by atoms with Gasteiger partial charge in [-0.1, -0.05) is 0 Å². The van der Waals surface area contributed by atoms with Crippen LogP contribution in [0.15, 0.2) is 15.7 Å². The van der Waals surface area contributed by atoms with E-state index in [0.717, 1.165) is 51.9 Å². The van der Waals surface area contributed by atoms with Crippen molar-refractivity contribution in [3.63, 3.8) is 0 Å². The number of piperidine rings is 2. The minimum Gasteiger partial charge on any atom is -0.507 e. The van der Waals surface area contributed by atoms with Gasteiger partial charge in [-0.25, -0.2) is 4.98 Å². The molecule has 0 aliphatic carbocycles. The second-order valence-electron chi connectivity index (χ2n) is 10.6. The Hall–Kier alpha value is -2.77. The molecular formula is C27H33IN6O4. The molecule has 0 radical (unpaired) electrons. The normalized spacial score (nSPS) is 18.9. The highest BCUT2D eigenvalue weighted by Gasteiger charge is 2.25. The number of phenolic OH excluding ortho intramolecular Hbond substituents is 1. The van der Waals surface area contributed by atoms with Gasteiger partial charge in [-0.3, -0.25) is 14.4 Å². The van der Waals surface area contributed by atoms with Crippen molar-refractivity contribution in [2.75, 3.05) is 40.3 Å². The lowest BCUT2D eigenvalue weighted by atomic mass is 10.0. The number of aromatic amines is 1. The second-order valence-corrected chi connectivity index (χ2v) is 11.7. The van der Waals surface area contributed by atoms with Crippen LogP contribution in [0, 0.1) is 10.5 Å². The van der Waals surface area contributed by atoms with Gasteiger partial charge in [-0.2, -0.15) is 0 Å². The Labute approximate surface area is 233 Å². The van der Waals surface area contributed by atoms with Crippen LogP contribution >= 0.6 is 22.6 Å². The van der Waals surface area contributed by atoms with E-state index in [0.29, 0.717) is 14.4 Å². The summed E-state index contributed by atoms with van der Waals surface area (Å²) in [6, 6.07) is 1.65. The van der Waals surface area contributed by atoms with Gasteiger partial charge in [-0.15, -0.1) is 0 Å². The van der Waals surface area contributed by atoms with Crippen LogP contribution in [0.2, 0.25) is 0 Å². The molecule has 2 aliphatic rings. The van der Waals surface area contributed by atoms with Crippen LogP contribution in [0.1, 0.15) is 41.6 Å². The van der Waals surface area contributed by atoms with E-state index in [1.165, 1.54) is 6.07 Å². The molecule has 3 aromatic rings. The summed E-state index contributed by atoms with van der Waals surface area (Å²) >= 11 is 1.98. The number of likely N-dealkylation sites (tertiary alicyclic amines) is 2. The molecule has 0 bridgehead atoms. The minimum atomic E-state index is -0.420. The van der Waals surface area contributed by atoms with Gasteiger partial charge >= 0.3 is 0 Å². The van der Waals surface area contributed by atoms with E-state index in [4.69, 9.17) is 0 Å². The zero-order valence-electron chi connectivity index (χ0n) is 21.9. The molecule has 38 heavy (non-hydrogen) atoms. The number of phenols is 1. The molecule has 0 spiro atoms. The Bertz CT molecular complexity index is 1570. The number of benzene rings is 2. The number of hydrogen-bond acceptors (Lipinski definition) is 8. The molecule has 2 aliphatic heterocycles. The van der Waals surface area contributed by atoms with Gasteiger partial charge in [0.25, 0.3) is 5.91 Å². The third kappa shape index (κ3) is 5.10. The summed E-state index contributed by atoms with van der Waals surface area (Å²) in [6.07, 6.45) is 5.27. The molecule has 10 nitrogen and oxygen atoms in total. The molecule has 3 heterocycles. The fourth-order valence-corrected chi connectivity index (χ4v) is 6.11. The third-order valence-corrected chi connectivity index (χ3v) is 8.67. The third-order valence-electron chi connectivity index (χ3n) is 7.82. The van der Waals surface area contributed by atoms with Crippen molar-refractivity contribution in [3.8, 4) is 5.75 Å². The van der Waals surface area contributed by atoms with Crippen LogP contribution in [0.3, 0.4) is 0 Å². The lowest BCUT2D eigenvalue weighted by molar-refractivity contribution is 0.0917. The molecule has 5 rings (SSSR count). The van der Waals surface area contributed by atoms with Crippen molar-refractivity contribution in [2.24, 2.45) is 0 Å². The van der Waals surface area contributed by atoms with Gasteiger partial charge in [0.15, 0.2) is 0 Å². The van der Waals surface area contributed by atoms with E-state index in [2.05, 4.69) is 44.5 Å². The van der Waals surface area contributed by atoms with Crippen LogP contribution in [0.25, 0.3) is 28.3 Å². The van der Waals surface area contributed by atoms with Crippen LogP contribution in [0.4, 0.5) is 0 Å². The number of fused-ring (bicyclic) bond motifs is 2. The highest BCUT2D eigenvalue weighted by molar-refractivity contribution is 14.1. The number of carbonyl (C=O) groups is 1. The summed E-state index contributed by atoms with van der Waals surface area (Å²) in [7, 11) is 4.15. The first kappa shape index (κ1) is 26.8. The van der Waals surface area contributed by atoms with Crippen molar-refractivity contribution in [1.82, 2.24) is 30.4 Å². The summed E-state index contributed by atoms with van der Waals surface area (Å²) < 4.78 is 0.488. The number of hydrogen-bond donors (Lipinski definition) is 4. The van der Waals surface area contributed by atoms with Gasteiger partial charge in [0.05, 0.1) is 16.3 Å². The maximum absolute atomic E-state index is 13.4. The van der Waals surface area contributed by atoms with Crippen LogP contribution < -0.4 is 26.7 Å². The predicted octanol–water partition coefficient (Wildman–Crippen LogP) is 1.02. The van der Waals surface area contributed by atoms with E-state index in [-0.39, 0.29) is 56.8 Å². The molecule has 11 heteroatoms. The molecule has 202 valence electrons. The first-order valence-electron chi connectivity index (χ1n) is 13.0. The smallest absolute Gasteiger partial charge is 0.254 e. The number of amides is 1. The zero-order chi connectivity index (χ0) is 27.1. The first-order chi connectivity index (χ1) is 18.1. The molecular weight excluding hydrogens is 599 g/mol. The summed E-state index contributed by atoms with van der Waals surface area (Å²) in [6.45, 7) is 5.28. The number of nitrogens with zero attached hydrogens (tertiary/aromatic N) is 3. The molecule has 1 aromatic heterocycles. The molecule has 1 amide bonds. The van der Waals surface area contributed by atoms with Gasteiger partial charge in [0, 0.05) is 33.5 Å². The highest BCUT2D eigenvalue weighted by Crippen LogP contribution is 2.22. The summed E-state index contributed by atoms with van der Waals surface area (Å²) in [5, 5.41) is 17.7. The predicted molar refractivity (Wildman–Crippen MR) is 157 cm³/mol. The second kappa shape index (κ2) is 10.8. The van der Waals surface area contributed by atoms with Crippen molar-refractivity contribution in [2.45, 2.75) is 44.7 Å². The molecule has 2 saturated heterocycles. The number of rotatable bonds is 4. The fourth-order valence-electron chi connectivity index (χ4n) is 5.32. The Morgan fingerprint density at radius 1 is 1.05 bits per heavy atom. The average Bonchev–Trinajstić information content (AvgIpc) is 2.89. The van der Waals surface area contributed by atoms with E-state index in [9.17, 15) is 19.5 Å². The Morgan fingerprint density at radius 2 is 1.66 bits per heavy atom. The molecule has 0 unspecified atom stereocenters. The Balaban J connectivity index is 1.63. The number of nitrogens with one attached hydrogen (secondary N) is 3. The standard InChI is InChI=1S/C27H33IN6O4/c1-14-25(36)17(13-29-15-4-8-33(2)9-5-15)21-24(26(14)37)32-23-20(18(28)12-19(35)22(23)31-21)27(38)30-16-6-10-34(3)11-7-16/h12-13,15-16,29,32,36H,4-11H2,1-3H3,(H,30,38). The van der Waals surface area contributed by atoms with Crippen molar-refractivity contribution < 1.29 is 9.90 Å². The van der Waals surface area contributed by atoms with Crippen LogP contribution in [-0.4, -0.2) is 83.1 Å². The summed E-state index contributed by atoms with van der Waals surface area (Å²) in [4.78, 5) is 51.9. The average molecular weight is 633 g/mol. The number of halogens is 1.